The molecule has 0 unspecified atom stereocenters. The van der Waals surface area contributed by atoms with Crippen molar-refractivity contribution in [3.8, 4) is 23.3 Å². The molecule has 1 saturated heterocycles. The average molecular weight is 425 g/mol. The van der Waals surface area contributed by atoms with Gasteiger partial charge in [0.2, 0.25) is 5.91 Å². The molecule has 0 spiro atoms. The fraction of sp³-hybridized carbons (Fsp3) is 0.185. The number of carbonyl (C=O) groups is 2. The fourth-order valence-electron chi connectivity index (χ4n) is 3.53. The van der Waals surface area contributed by atoms with E-state index in [1.807, 2.05) is 65.6 Å². The molecule has 5 heteroatoms. The molecule has 1 aliphatic rings. The molecule has 2 amide bonds. The number of rotatable bonds is 5. The molecular weight excluding hydrogens is 400 g/mol. The zero-order chi connectivity index (χ0) is 22.2. The minimum atomic E-state index is -0.246. The van der Waals surface area contributed by atoms with Crippen LogP contribution in [0, 0.1) is 11.8 Å². The van der Waals surface area contributed by atoms with Crippen molar-refractivity contribution in [3.05, 3.63) is 90.0 Å². The summed E-state index contributed by atoms with van der Waals surface area (Å²) in [6.45, 7) is 0.982. The highest BCUT2D eigenvalue weighted by Gasteiger charge is 2.19. The summed E-state index contributed by atoms with van der Waals surface area (Å²) in [4.78, 5) is 26.5. The van der Waals surface area contributed by atoms with E-state index < -0.39 is 0 Å². The van der Waals surface area contributed by atoms with Crippen molar-refractivity contribution in [2.75, 3.05) is 18.0 Å². The van der Waals surface area contributed by atoms with Gasteiger partial charge in [-0.15, -0.1) is 0 Å². The zero-order valence-electron chi connectivity index (χ0n) is 17.7. The predicted molar refractivity (Wildman–Crippen MR) is 125 cm³/mol. The number of nitrogens with one attached hydrogen (secondary N) is 1. The van der Waals surface area contributed by atoms with E-state index >= 15 is 0 Å². The Balaban J connectivity index is 1.35. The second kappa shape index (κ2) is 10.3. The van der Waals surface area contributed by atoms with Gasteiger partial charge in [-0.05, 0) is 61.4 Å². The van der Waals surface area contributed by atoms with Gasteiger partial charge in [0.1, 0.15) is 11.5 Å². The summed E-state index contributed by atoms with van der Waals surface area (Å²) in [6.07, 6.45) is 2.61. The monoisotopic (exact) mass is 424 g/mol. The highest BCUT2D eigenvalue weighted by molar-refractivity contribution is 5.97. The van der Waals surface area contributed by atoms with Crippen molar-refractivity contribution >= 4 is 17.5 Å². The number of nitrogens with zero attached hydrogens (tertiary/aromatic N) is 1. The van der Waals surface area contributed by atoms with Gasteiger partial charge in [-0.25, -0.2) is 0 Å². The molecule has 32 heavy (non-hydrogen) atoms. The Hall–Kier alpha value is -4.04. The number of para-hydroxylation sites is 2. The van der Waals surface area contributed by atoms with E-state index in [4.69, 9.17) is 4.74 Å². The highest BCUT2D eigenvalue weighted by Crippen LogP contribution is 2.25. The number of hydrogen-bond donors (Lipinski definition) is 1. The summed E-state index contributed by atoms with van der Waals surface area (Å²) in [7, 11) is 0. The second-order valence-electron chi connectivity index (χ2n) is 7.45. The van der Waals surface area contributed by atoms with Crippen LogP contribution in [0.25, 0.3) is 0 Å². The number of anilines is 1. The average Bonchev–Trinajstić information content (AvgIpc) is 2.83. The van der Waals surface area contributed by atoms with Crippen LogP contribution in [0.2, 0.25) is 0 Å². The maximum atomic E-state index is 12.6. The molecule has 0 atom stereocenters. The molecule has 160 valence electrons. The third-order valence-electron chi connectivity index (χ3n) is 5.18. The Morgan fingerprint density at radius 3 is 2.47 bits per heavy atom. The van der Waals surface area contributed by atoms with Crippen LogP contribution in [0.15, 0.2) is 78.9 Å². The van der Waals surface area contributed by atoms with Gasteiger partial charge in [-0.2, -0.15) is 0 Å². The van der Waals surface area contributed by atoms with Gasteiger partial charge in [0.05, 0.1) is 12.1 Å². The molecule has 1 heterocycles. The molecule has 0 aromatic heterocycles. The molecule has 0 saturated carbocycles. The summed E-state index contributed by atoms with van der Waals surface area (Å²) in [5, 5.41) is 2.82. The maximum absolute atomic E-state index is 12.6. The minimum absolute atomic E-state index is 0.175. The van der Waals surface area contributed by atoms with E-state index in [2.05, 4.69) is 17.2 Å². The van der Waals surface area contributed by atoms with Gasteiger partial charge < -0.3 is 15.0 Å². The second-order valence-corrected chi connectivity index (χ2v) is 7.45. The lowest BCUT2D eigenvalue weighted by Crippen LogP contribution is -2.35. The molecule has 4 rings (SSSR count). The van der Waals surface area contributed by atoms with E-state index in [1.165, 1.54) is 0 Å². The van der Waals surface area contributed by atoms with Crippen LogP contribution in [0.1, 0.15) is 35.2 Å². The Bertz CT molecular complexity index is 1140. The van der Waals surface area contributed by atoms with E-state index in [-0.39, 0.29) is 18.4 Å². The van der Waals surface area contributed by atoms with Gasteiger partial charge in [-0.3, -0.25) is 9.59 Å². The number of ether oxygens (including phenoxy) is 1. The van der Waals surface area contributed by atoms with E-state index in [0.29, 0.717) is 23.5 Å². The van der Waals surface area contributed by atoms with Crippen molar-refractivity contribution in [2.24, 2.45) is 0 Å². The molecular formula is C27H24N2O3. The molecule has 1 N–H and O–H groups in total. The van der Waals surface area contributed by atoms with Crippen LogP contribution >= 0.6 is 0 Å². The normalized spacial score (nSPS) is 13.1. The van der Waals surface area contributed by atoms with Gasteiger partial charge >= 0.3 is 0 Å². The lowest BCUT2D eigenvalue weighted by molar-refractivity contribution is -0.119. The largest absolute Gasteiger partial charge is 0.457 e. The van der Waals surface area contributed by atoms with Gasteiger partial charge in [-0.1, -0.05) is 42.2 Å². The number of piperidine rings is 1. The number of hydrogen-bond acceptors (Lipinski definition) is 3. The first-order chi connectivity index (χ1) is 15.7. The summed E-state index contributed by atoms with van der Waals surface area (Å²) in [5.74, 6) is 7.11. The van der Waals surface area contributed by atoms with Gasteiger partial charge in [0.15, 0.2) is 0 Å². The zero-order valence-corrected chi connectivity index (χ0v) is 17.7. The first-order valence-corrected chi connectivity index (χ1v) is 10.7. The van der Waals surface area contributed by atoms with Crippen molar-refractivity contribution in [3.63, 3.8) is 0 Å². The predicted octanol–water partition coefficient (Wildman–Crippen LogP) is 4.78. The van der Waals surface area contributed by atoms with Gasteiger partial charge in [0, 0.05) is 24.2 Å². The third kappa shape index (κ3) is 5.35. The Kier molecular flexibility index (Phi) is 6.84. The van der Waals surface area contributed by atoms with Gasteiger partial charge in [0.25, 0.3) is 5.91 Å². The standard InChI is InChI=1S/C27H24N2O3/c30-26-14-6-7-20-29(26)22-17-15-21(16-18-22)9-8-19-28-27(31)24-12-4-5-13-25(24)32-23-10-2-1-3-11-23/h1-5,10-13,15-18H,6-7,14,19-20H2,(H,28,31). The molecule has 3 aromatic carbocycles. The SMILES string of the molecule is O=C(NCC#Cc1ccc(N2CCCCC2=O)cc1)c1ccccc1Oc1ccccc1. The van der Waals surface area contributed by atoms with E-state index in [0.717, 1.165) is 30.6 Å². The lowest BCUT2D eigenvalue weighted by atomic mass is 10.1. The van der Waals surface area contributed by atoms with E-state index in [9.17, 15) is 9.59 Å². The molecule has 1 fully saturated rings. The highest BCUT2D eigenvalue weighted by atomic mass is 16.5. The Morgan fingerprint density at radius 2 is 1.69 bits per heavy atom. The number of benzene rings is 3. The molecule has 0 bridgehead atoms. The topological polar surface area (TPSA) is 58.6 Å². The summed E-state index contributed by atoms with van der Waals surface area (Å²) >= 11 is 0. The molecule has 1 aliphatic heterocycles. The molecule has 3 aromatic rings. The molecule has 0 aliphatic carbocycles. The summed E-state index contributed by atoms with van der Waals surface area (Å²) in [6, 6.07) is 24.1. The summed E-state index contributed by atoms with van der Waals surface area (Å²) in [5.41, 5.74) is 2.19. The van der Waals surface area contributed by atoms with Crippen LogP contribution in [-0.2, 0) is 4.79 Å². The van der Waals surface area contributed by atoms with Crippen LogP contribution < -0.4 is 15.0 Å². The maximum Gasteiger partial charge on any atom is 0.255 e. The summed E-state index contributed by atoms with van der Waals surface area (Å²) < 4.78 is 5.85. The fourth-order valence-corrected chi connectivity index (χ4v) is 3.53. The first-order valence-electron chi connectivity index (χ1n) is 10.7. The van der Waals surface area contributed by atoms with Crippen molar-refractivity contribution in [1.29, 1.82) is 0 Å². The van der Waals surface area contributed by atoms with Crippen molar-refractivity contribution in [1.82, 2.24) is 5.32 Å². The number of amides is 2. The molecule has 5 nitrogen and oxygen atoms in total. The van der Waals surface area contributed by atoms with Crippen molar-refractivity contribution in [2.45, 2.75) is 19.3 Å². The Labute approximate surface area is 188 Å². The van der Waals surface area contributed by atoms with E-state index in [1.54, 1.807) is 18.2 Å². The lowest BCUT2D eigenvalue weighted by Gasteiger charge is -2.26. The first kappa shape index (κ1) is 21.2. The van der Waals surface area contributed by atoms with Crippen LogP contribution in [-0.4, -0.2) is 24.9 Å². The van der Waals surface area contributed by atoms with Crippen LogP contribution in [0.5, 0.6) is 11.5 Å². The minimum Gasteiger partial charge on any atom is -0.457 e. The van der Waals surface area contributed by atoms with Crippen LogP contribution in [0.4, 0.5) is 5.69 Å². The quantitative estimate of drug-likeness (QED) is 0.600. The third-order valence-corrected chi connectivity index (χ3v) is 5.18. The molecule has 0 radical (unpaired) electrons. The van der Waals surface area contributed by atoms with Crippen molar-refractivity contribution < 1.29 is 14.3 Å². The van der Waals surface area contributed by atoms with Crippen LogP contribution in [0.3, 0.4) is 0 Å². The Morgan fingerprint density at radius 1 is 0.938 bits per heavy atom. The number of carbonyl (C=O) groups excluding carboxylic acids is 2. The smallest absolute Gasteiger partial charge is 0.255 e.